The molecule has 0 aliphatic rings. The molecule has 10 aromatic rings. The molecule has 56 heavy (non-hydrogen) atoms. The van der Waals surface area contributed by atoms with Crippen LogP contribution >= 0.6 is 0 Å². The first-order valence-corrected chi connectivity index (χ1v) is 21.9. The number of hydrogen-bond donors (Lipinski definition) is 0. The van der Waals surface area contributed by atoms with Crippen LogP contribution < -0.4 is 15.0 Å². The van der Waals surface area contributed by atoms with Gasteiger partial charge < -0.3 is 9.80 Å². The molecule has 10 rings (SSSR count). The van der Waals surface area contributed by atoms with Crippen molar-refractivity contribution in [3.05, 3.63) is 187 Å². The Morgan fingerprint density at radius 3 is 1.38 bits per heavy atom. The zero-order valence-electron chi connectivity index (χ0n) is 38.8. The van der Waals surface area contributed by atoms with Crippen molar-refractivity contribution in [3.63, 3.8) is 0 Å². The SMILES string of the molecule is [2H]c1c([2H])c(N(c2cccc3ccccc23)c2ccc3ccc4c(N(c5c([2H])c([2H])c(F)c([2H])c5[2H])c5ccc([Si](C)(C)C)c6ccccc56)ccc5ccc2c3c54)c([2H])c([2H])c1F. The summed E-state index contributed by atoms with van der Waals surface area (Å²) in [5.74, 6) is -2.48. The lowest BCUT2D eigenvalue weighted by Crippen LogP contribution is -2.38. The maximum atomic E-state index is 15.3. The second-order valence-electron chi connectivity index (χ2n) is 15.0. The van der Waals surface area contributed by atoms with Gasteiger partial charge in [-0.1, -0.05) is 128 Å². The summed E-state index contributed by atoms with van der Waals surface area (Å²) in [6, 6.07) is 35.3. The van der Waals surface area contributed by atoms with Gasteiger partial charge in [0.15, 0.2) is 0 Å². The fraction of sp³-hybridized carbons (Fsp3) is 0.0588. The topological polar surface area (TPSA) is 6.48 Å². The molecule has 0 N–H and O–H groups in total. The average Bonchev–Trinajstić information content (AvgIpc) is 3.30. The van der Waals surface area contributed by atoms with Crippen LogP contribution in [0.4, 0.5) is 42.9 Å². The van der Waals surface area contributed by atoms with Gasteiger partial charge in [-0.2, -0.15) is 0 Å². The van der Waals surface area contributed by atoms with Crippen LogP contribution in [0.3, 0.4) is 0 Å². The molecule has 0 unspecified atom stereocenters. The molecule has 0 saturated heterocycles. The standard InChI is InChI=1S/C51H38F2N2Si/c1-56(2,3)49-32-31-46(41-12-6-7-13-42(41)49)55(39-25-21-37(53)22-26-39)48-30-18-35-15-27-43-47(29-17-34-16-28-44(48)51(35)50(34)43)54(38-23-19-36(52)20-24-38)45-14-8-10-33-9-4-5-11-40(33)45/h4-32H,1-3H3/i19D,20D,21D,22D,23D,24D,25D,26D. The van der Waals surface area contributed by atoms with E-state index in [2.05, 4.69) is 31.8 Å². The van der Waals surface area contributed by atoms with E-state index in [1.165, 1.54) is 5.19 Å². The summed E-state index contributed by atoms with van der Waals surface area (Å²) in [7, 11) is -1.91. The third-order valence-electron chi connectivity index (χ3n) is 10.7. The second-order valence-corrected chi connectivity index (χ2v) is 20.1. The summed E-state index contributed by atoms with van der Waals surface area (Å²) < 4.78 is 101. The molecule has 0 fully saturated rings. The second kappa shape index (κ2) is 13.0. The molecule has 0 amide bonds. The molecule has 0 spiro atoms. The summed E-state index contributed by atoms with van der Waals surface area (Å²) in [5, 5.41) is 9.28. The maximum Gasteiger partial charge on any atom is 0.123 e. The number of halogens is 2. The Balaban J connectivity index is 1.32. The summed E-state index contributed by atoms with van der Waals surface area (Å²) >= 11 is 0. The number of anilines is 6. The molecule has 2 nitrogen and oxygen atoms in total. The minimum atomic E-state index is -1.91. The summed E-state index contributed by atoms with van der Waals surface area (Å²) in [5.41, 5.74) is 1.94. The van der Waals surface area contributed by atoms with Crippen molar-refractivity contribution < 1.29 is 19.7 Å². The van der Waals surface area contributed by atoms with E-state index < -0.39 is 68.0 Å². The molecular formula is C51H38F2N2Si. The van der Waals surface area contributed by atoms with Crippen LogP contribution in [0.5, 0.6) is 0 Å². The molecule has 0 aromatic heterocycles. The molecule has 0 radical (unpaired) electrons. The Bertz CT molecular complexity index is 3530. The third-order valence-corrected chi connectivity index (χ3v) is 12.7. The van der Waals surface area contributed by atoms with Crippen LogP contribution in [-0.2, 0) is 0 Å². The maximum absolute atomic E-state index is 15.3. The summed E-state index contributed by atoms with van der Waals surface area (Å²) in [4.78, 5) is 3.39. The largest absolute Gasteiger partial charge is 0.309 e. The van der Waals surface area contributed by atoms with Gasteiger partial charge in [0.25, 0.3) is 0 Å². The normalized spacial score (nSPS) is 14.0. The highest BCUT2D eigenvalue weighted by atomic mass is 28.3. The first kappa shape index (κ1) is 26.3. The molecule has 0 heterocycles. The van der Waals surface area contributed by atoms with Gasteiger partial charge in [-0.05, 0) is 105 Å². The van der Waals surface area contributed by atoms with Crippen LogP contribution in [-0.4, -0.2) is 8.07 Å². The van der Waals surface area contributed by atoms with Crippen LogP contribution in [0.1, 0.15) is 11.0 Å². The van der Waals surface area contributed by atoms with E-state index in [4.69, 9.17) is 8.22 Å². The van der Waals surface area contributed by atoms with Crippen molar-refractivity contribution >= 4 is 101 Å². The van der Waals surface area contributed by atoms with Gasteiger partial charge in [-0.3, -0.25) is 0 Å². The first-order chi connectivity index (χ1) is 30.6. The van der Waals surface area contributed by atoms with E-state index in [1.54, 1.807) is 9.80 Å². The van der Waals surface area contributed by atoms with E-state index in [-0.39, 0.29) is 11.4 Å². The van der Waals surface area contributed by atoms with Gasteiger partial charge in [0, 0.05) is 32.9 Å². The quantitative estimate of drug-likeness (QED) is 0.118. The van der Waals surface area contributed by atoms with Crippen molar-refractivity contribution in [1.82, 2.24) is 0 Å². The van der Waals surface area contributed by atoms with E-state index in [0.29, 0.717) is 33.5 Å². The highest BCUT2D eigenvalue weighted by Crippen LogP contribution is 2.49. The van der Waals surface area contributed by atoms with Gasteiger partial charge in [0.2, 0.25) is 0 Å². The van der Waals surface area contributed by atoms with E-state index in [1.807, 2.05) is 115 Å². The lowest BCUT2D eigenvalue weighted by molar-refractivity contribution is 0.627. The minimum absolute atomic E-state index is 0.111. The summed E-state index contributed by atoms with van der Waals surface area (Å²) in [6.07, 6.45) is 0. The van der Waals surface area contributed by atoms with Gasteiger partial charge >= 0.3 is 0 Å². The van der Waals surface area contributed by atoms with Crippen molar-refractivity contribution in [2.24, 2.45) is 0 Å². The monoisotopic (exact) mass is 752 g/mol. The molecule has 0 atom stereocenters. The fourth-order valence-electron chi connectivity index (χ4n) is 8.24. The van der Waals surface area contributed by atoms with Crippen LogP contribution in [0, 0.1) is 11.6 Å². The van der Waals surface area contributed by atoms with Crippen LogP contribution in [0.25, 0.3) is 53.9 Å². The number of hydrogen-bond acceptors (Lipinski definition) is 2. The van der Waals surface area contributed by atoms with E-state index in [9.17, 15) is 2.74 Å². The van der Waals surface area contributed by atoms with Gasteiger partial charge in [0.05, 0.1) is 41.8 Å². The number of nitrogens with zero attached hydrogens (tertiary/aromatic N) is 2. The van der Waals surface area contributed by atoms with E-state index in [0.717, 1.165) is 43.1 Å². The van der Waals surface area contributed by atoms with Crippen molar-refractivity contribution in [2.75, 3.05) is 9.80 Å². The molecule has 10 aromatic carbocycles. The summed E-state index contributed by atoms with van der Waals surface area (Å²) in [6.45, 7) is 6.78. The molecular weight excluding hydrogens is 707 g/mol. The van der Waals surface area contributed by atoms with E-state index >= 15 is 8.78 Å². The fourth-order valence-corrected chi connectivity index (χ4v) is 9.85. The first-order valence-electron chi connectivity index (χ1n) is 22.4. The minimum Gasteiger partial charge on any atom is -0.309 e. The third kappa shape index (κ3) is 5.50. The molecule has 0 bridgehead atoms. The number of benzene rings is 10. The van der Waals surface area contributed by atoms with Crippen molar-refractivity contribution in [2.45, 2.75) is 19.6 Å². The van der Waals surface area contributed by atoms with Crippen molar-refractivity contribution in [1.29, 1.82) is 0 Å². The zero-order chi connectivity index (χ0) is 45.1. The Morgan fingerprint density at radius 2 is 0.821 bits per heavy atom. The Morgan fingerprint density at radius 1 is 0.393 bits per heavy atom. The number of rotatable bonds is 7. The average molecular weight is 753 g/mol. The molecule has 0 saturated carbocycles. The van der Waals surface area contributed by atoms with Gasteiger partial charge in [-0.25, -0.2) is 8.78 Å². The molecule has 270 valence electrons. The highest BCUT2D eigenvalue weighted by molar-refractivity contribution is 6.90. The Labute approximate surface area is 337 Å². The van der Waals surface area contributed by atoms with Crippen molar-refractivity contribution in [3.8, 4) is 0 Å². The lowest BCUT2D eigenvalue weighted by atomic mass is 9.91. The molecule has 5 heteroatoms. The predicted molar refractivity (Wildman–Crippen MR) is 237 cm³/mol. The lowest BCUT2D eigenvalue weighted by Gasteiger charge is -2.31. The molecule has 0 aliphatic heterocycles. The zero-order valence-corrected chi connectivity index (χ0v) is 31.8. The Kier molecular flexibility index (Phi) is 6.12. The number of fused-ring (bicyclic) bond motifs is 2. The van der Waals surface area contributed by atoms with Gasteiger partial charge in [0.1, 0.15) is 11.6 Å². The van der Waals surface area contributed by atoms with Crippen LogP contribution in [0.15, 0.2) is 176 Å². The smallest absolute Gasteiger partial charge is 0.123 e. The highest BCUT2D eigenvalue weighted by Gasteiger charge is 2.25. The molecule has 0 aliphatic carbocycles. The van der Waals surface area contributed by atoms with Crippen LogP contribution in [0.2, 0.25) is 19.6 Å². The predicted octanol–water partition coefficient (Wildman–Crippen LogP) is 14.7. The Hall–Kier alpha value is -6.56. The van der Waals surface area contributed by atoms with Gasteiger partial charge in [-0.15, -0.1) is 0 Å².